The van der Waals surface area contributed by atoms with Gasteiger partial charge in [0.2, 0.25) is 0 Å². The van der Waals surface area contributed by atoms with Gasteiger partial charge in [0.25, 0.3) is 10.1 Å². The summed E-state index contributed by atoms with van der Waals surface area (Å²) in [7, 11) is -3.66. The molecule has 0 radical (unpaired) electrons. The Morgan fingerprint density at radius 2 is 1.95 bits per heavy atom. The van der Waals surface area contributed by atoms with Crippen molar-refractivity contribution in [3.8, 4) is 0 Å². The van der Waals surface area contributed by atoms with Crippen LogP contribution in [0.15, 0.2) is 34.9 Å². The Bertz CT molecular complexity index is 825. The van der Waals surface area contributed by atoms with E-state index < -0.39 is 16.2 Å². The molecule has 4 nitrogen and oxygen atoms in total. The maximum Gasteiger partial charge on any atom is 0.265 e. The van der Waals surface area contributed by atoms with Gasteiger partial charge in [-0.15, -0.1) is 0 Å². The largest absolute Gasteiger partial charge is 0.265 e. The van der Waals surface area contributed by atoms with E-state index >= 15 is 0 Å². The monoisotopic (exact) mass is 399 g/mol. The van der Waals surface area contributed by atoms with Gasteiger partial charge in [-0.05, 0) is 45.3 Å². The minimum Gasteiger partial charge on any atom is -0.256 e. The first kappa shape index (κ1) is 15.7. The normalized spacial score (nSPS) is 16.8. The standard InChI is InChI=1S/C15H11BrClNO3S/c1-22(19,20)21-15-13-5-4-12(17)7-9(13)2-3-10-6-11(16)8-18-14(10)15/h2-8,15H,1H3. The predicted octanol–water partition coefficient (Wildman–Crippen LogP) is 4.05. The fourth-order valence-electron chi connectivity index (χ4n) is 2.35. The van der Waals surface area contributed by atoms with Gasteiger partial charge in [-0.25, -0.2) is 0 Å². The van der Waals surface area contributed by atoms with Gasteiger partial charge in [-0.1, -0.05) is 29.8 Å². The summed E-state index contributed by atoms with van der Waals surface area (Å²) in [5, 5.41) is 0.571. The Morgan fingerprint density at radius 1 is 1.23 bits per heavy atom. The van der Waals surface area contributed by atoms with Crippen molar-refractivity contribution in [1.29, 1.82) is 0 Å². The van der Waals surface area contributed by atoms with Gasteiger partial charge in [0.05, 0.1) is 11.9 Å². The summed E-state index contributed by atoms with van der Waals surface area (Å²) < 4.78 is 29.4. The molecule has 0 aliphatic heterocycles. The second kappa shape index (κ2) is 5.77. The number of hydrogen-bond donors (Lipinski definition) is 0. The third-order valence-corrected chi connectivity index (χ3v) is 4.42. The van der Waals surface area contributed by atoms with Crippen LogP contribution in [0, 0.1) is 0 Å². The molecule has 1 aliphatic rings. The van der Waals surface area contributed by atoms with E-state index in [9.17, 15) is 8.42 Å². The SMILES string of the molecule is CS(=O)(=O)OC1c2ccc(Cl)cc2C=Cc2cc(Br)cnc21. The van der Waals surface area contributed by atoms with E-state index in [1.807, 2.05) is 18.2 Å². The van der Waals surface area contributed by atoms with Crippen molar-refractivity contribution < 1.29 is 12.6 Å². The lowest BCUT2D eigenvalue weighted by molar-refractivity contribution is 0.251. The summed E-state index contributed by atoms with van der Waals surface area (Å²) >= 11 is 9.40. The van der Waals surface area contributed by atoms with E-state index in [0.717, 1.165) is 21.9 Å². The van der Waals surface area contributed by atoms with Gasteiger partial charge in [-0.3, -0.25) is 9.17 Å². The molecule has 0 saturated carbocycles. The number of hydrogen-bond acceptors (Lipinski definition) is 4. The molecule has 1 aromatic carbocycles. The maximum atomic E-state index is 11.7. The lowest BCUT2D eigenvalue weighted by atomic mass is 10.0. The average molecular weight is 401 g/mol. The molecule has 0 fully saturated rings. The highest BCUT2D eigenvalue weighted by Crippen LogP contribution is 2.36. The van der Waals surface area contributed by atoms with Crippen molar-refractivity contribution in [2.45, 2.75) is 6.10 Å². The van der Waals surface area contributed by atoms with Gasteiger partial charge in [0, 0.05) is 21.3 Å². The minimum atomic E-state index is -3.66. The van der Waals surface area contributed by atoms with Crippen molar-refractivity contribution in [2.24, 2.45) is 0 Å². The third-order valence-electron chi connectivity index (χ3n) is 3.21. The van der Waals surface area contributed by atoms with Crippen LogP contribution in [-0.2, 0) is 14.3 Å². The van der Waals surface area contributed by atoms with E-state index in [1.54, 1.807) is 24.4 Å². The average Bonchev–Trinajstić information content (AvgIpc) is 2.55. The molecule has 1 atom stereocenters. The molecule has 7 heteroatoms. The summed E-state index contributed by atoms with van der Waals surface area (Å²) in [6.45, 7) is 0. The molecule has 1 aromatic heterocycles. The number of rotatable bonds is 2. The molecule has 0 bridgehead atoms. The lowest BCUT2D eigenvalue weighted by Gasteiger charge is -2.18. The Hall–Kier alpha value is -1.21. The molecule has 0 N–H and O–H groups in total. The number of pyridine rings is 1. The highest BCUT2D eigenvalue weighted by atomic mass is 79.9. The molecule has 3 rings (SSSR count). The number of fused-ring (bicyclic) bond motifs is 2. The first-order valence-electron chi connectivity index (χ1n) is 6.35. The topological polar surface area (TPSA) is 56.3 Å². The van der Waals surface area contributed by atoms with Crippen LogP contribution in [0.1, 0.15) is 28.5 Å². The lowest BCUT2D eigenvalue weighted by Crippen LogP contribution is -2.14. The van der Waals surface area contributed by atoms with E-state index in [2.05, 4.69) is 20.9 Å². The highest BCUT2D eigenvalue weighted by Gasteiger charge is 2.27. The minimum absolute atomic E-state index is 0.547. The Kier molecular flexibility index (Phi) is 4.11. The third kappa shape index (κ3) is 3.25. The quantitative estimate of drug-likeness (QED) is 0.714. The molecule has 1 heterocycles. The van der Waals surface area contributed by atoms with Crippen LogP contribution in [0.2, 0.25) is 5.02 Å². The highest BCUT2D eigenvalue weighted by molar-refractivity contribution is 9.10. The second-order valence-corrected chi connectivity index (χ2v) is 7.87. The molecule has 0 saturated heterocycles. The first-order valence-corrected chi connectivity index (χ1v) is 9.33. The number of nitrogens with zero attached hydrogens (tertiary/aromatic N) is 1. The van der Waals surface area contributed by atoms with Crippen LogP contribution in [-0.4, -0.2) is 19.7 Å². The van der Waals surface area contributed by atoms with Crippen LogP contribution in [0.25, 0.3) is 12.2 Å². The van der Waals surface area contributed by atoms with E-state index in [4.69, 9.17) is 15.8 Å². The molecule has 2 aromatic rings. The zero-order chi connectivity index (χ0) is 15.9. The zero-order valence-corrected chi connectivity index (χ0v) is 14.6. The number of benzene rings is 1. The Balaban J connectivity index is 2.25. The Labute approximate surface area is 142 Å². The molecule has 0 spiro atoms. The fraction of sp³-hybridized carbons (Fsp3) is 0.133. The first-order chi connectivity index (χ1) is 10.3. The van der Waals surface area contributed by atoms with Gasteiger partial charge in [0.15, 0.2) is 0 Å². The summed E-state index contributed by atoms with van der Waals surface area (Å²) in [5.41, 5.74) is 2.84. The molecule has 114 valence electrons. The number of halogens is 2. The number of aromatic nitrogens is 1. The predicted molar refractivity (Wildman–Crippen MR) is 90.1 cm³/mol. The van der Waals surface area contributed by atoms with Crippen LogP contribution >= 0.6 is 27.5 Å². The van der Waals surface area contributed by atoms with Crippen LogP contribution in [0.3, 0.4) is 0 Å². The van der Waals surface area contributed by atoms with Crippen LogP contribution in [0.4, 0.5) is 0 Å². The van der Waals surface area contributed by atoms with E-state index in [0.29, 0.717) is 16.3 Å². The fourth-order valence-corrected chi connectivity index (χ4v) is 3.42. The van der Waals surface area contributed by atoms with Crippen molar-refractivity contribution in [2.75, 3.05) is 6.26 Å². The van der Waals surface area contributed by atoms with Crippen molar-refractivity contribution in [3.05, 3.63) is 62.3 Å². The Morgan fingerprint density at radius 3 is 2.68 bits per heavy atom. The van der Waals surface area contributed by atoms with E-state index in [-0.39, 0.29) is 0 Å². The van der Waals surface area contributed by atoms with Crippen LogP contribution < -0.4 is 0 Å². The van der Waals surface area contributed by atoms with Gasteiger partial charge in [0.1, 0.15) is 6.10 Å². The molecular weight excluding hydrogens is 390 g/mol. The van der Waals surface area contributed by atoms with Crippen molar-refractivity contribution in [3.63, 3.8) is 0 Å². The van der Waals surface area contributed by atoms with Crippen LogP contribution in [0.5, 0.6) is 0 Å². The summed E-state index contributed by atoms with van der Waals surface area (Å²) in [4.78, 5) is 4.35. The summed E-state index contributed by atoms with van der Waals surface area (Å²) in [5.74, 6) is 0. The summed E-state index contributed by atoms with van der Waals surface area (Å²) in [6, 6.07) is 7.10. The van der Waals surface area contributed by atoms with E-state index in [1.165, 1.54) is 0 Å². The molecule has 1 unspecified atom stereocenters. The second-order valence-electron chi connectivity index (χ2n) is 4.91. The smallest absolute Gasteiger partial charge is 0.256 e. The molecule has 1 aliphatic carbocycles. The molecule has 22 heavy (non-hydrogen) atoms. The van der Waals surface area contributed by atoms with Crippen molar-refractivity contribution >= 4 is 49.8 Å². The maximum absolute atomic E-state index is 11.7. The van der Waals surface area contributed by atoms with Gasteiger partial charge >= 0.3 is 0 Å². The molecular formula is C15H11BrClNO3S. The zero-order valence-electron chi connectivity index (χ0n) is 11.5. The summed E-state index contributed by atoms with van der Waals surface area (Å²) in [6.07, 6.45) is 5.58. The van der Waals surface area contributed by atoms with Gasteiger partial charge < -0.3 is 0 Å². The molecule has 0 amide bonds. The van der Waals surface area contributed by atoms with Crippen molar-refractivity contribution in [1.82, 2.24) is 4.98 Å². The van der Waals surface area contributed by atoms with Gasteiger partial charge in [-0.2, -0.15) is 8.42 Å².